The van der Waals surface area contributed by atoms with Gasteiger partial charge in [0.05, 0.1) is 11.4 Å². The average molecular weight is 274 g/mol. The quantitative estimate of drug-likeness (QED) is 0.905. The lowest BCUT2D eigenvalue weighted by molar-refractivity contribution is 0.590. The summed E-state index contributed by atoms with van der Waals surface area (Å²) in [6.07, 6.45) is 2.35. The maximum Gasteiger partial charge on any atom is 0.159 e. The summed E-state index contributed by atoms with van der Waals surface area (Å²) in [5.74, 6) is 0.319. The molecule has 0 saturated carbocycles. The number of nitrogens with one attached hydrogen (secondary N) is 1. The fraction of sp³-hybridized carbons (Fsp3) is 0.727. The van der Waals surface area contributed by atoms with E-state index in [0.717, 1.165) is 30.0 Å². The van der Waals surface area contributed by atoms with Crippen LogP contribution in [0.15, 0.2) is 5.38 Å². The van der Waals surface area contributed by atoms with Crippen LogP contribution in [0.25, 0.3) is 0 Å². The Labute approximate surface area is 106 Å². The second-order valence-electron chi connectivity index (χ2n) is 4.57. The molecule has 0 aromatic carbocycles. The molecule has 96 valence electrons. The largest absolute Gasteiger partial charge is 0.317 e. The Kier molecular flexibility index (Phi) is 3.85. The Morgan fingerprint density at radius 2 is 2.41 bits per heavy atom. The van der Waals surface area contributed by atoms with Crippen LogP contribution < -0.4 is 5.32 Å². The normalized spacial score (nSPS) is 24.9. The summed E-state index contributed by atoms with van der Waals surface area (Å²) >= 11 is 1.48. The Bertz CT molecular complexity index is 481. The molecule has 1 aromatic rings. The molecule has 1 aromatic heterocycles. The SMILES string of the molecule is CNC(C)Cc1csc(C2CCCS2(=O)=O)n1. The highest BCUT2D eigenvalue weighted by Gasteiger charge is 2.34. The van der Waals surface area contributed by atoms with Gasteiger partial charge in [0.1, 0.15) is 10.3 Å². The predicted molar refractivity (Wildman–Crippen MR) is 70.1 cm³/mol. The second kappa shape index (κ2) is 5.04. The van der Waals surface area contributed by atoms with Crippen LogP contribution in [0.2, 0.25) is 0 Å². The highest BCUT2D eigenvalue weighted by atomic mass is 32.2. The van der Waals surface area contributed by atoms with Gasteiger partial charge in [-0.2, -0.15) is 0 Å². The summed E-state index contributed by atoms with van der Waals surface area (Å²) in [6.45, 7) is 2.09. The van der Waals surface area contributed by atoms with E-state index in [1.807, 2.05) is 12.4 Å². The molecule has 0 radical (unpaired) electrons. The third-order valence-electron chi connectivity index (χ3n) is 3.18. The third kappa shape index (κ3) is 2.86. The number of aromatic nitrogens is 1. The lowest BCUT2D eigenvalue weighted by Gasteiger charge is -2.07. The van der Waals surface area contributed by atoms with E-state index in [4.69, 9.17) is 0 Å². The molecule has 2 heterocycles. The Hall–Kier alpha value is -0.460. The number of nitrogens with zero attached hydrogens (tertiary/aromatic N) is 1. The van der Waals surface area contributed by atoms with Gasteiger partial charge in [-0.25, -0.2) is 13.4 Å². The molecule has 1 N–H and O–H groups in total. The first-order valence-corrected chi connectivity index (χ1v) is 8.45. The number of hydrogen-bond donors (Lipinski definition) is 1. The Morgan fingerprint density at radius 1 is 1.65 bits per heavy atom. The van der Waals surface area contributed by atoms with E-state index in [-0.39, 0.29) is 5.25 Å². The summed E-state index contributed by atoms with van der Waals surface area (Å²) in [5.41, 5.74) is 0.994. The highest BCUT2D eigenvalue weighted by Crippen LogP contribution is 2.36. The average Bonchev–Trinajstić information content (AvgIpc) is 2.84. The maximum atomic E-state index is 11.8. The van der Waals surface area contributed by atoms with Crippen LogP contribution in [-0.4, -0.2) is 32.2 Å². The van der Waals surface area contributed by atoms with Crippen LogP contribution in [0.1, 0.15) is 35.7 Å². The van der Waals surface area contributed by atoms with Crippen molar-refractivity contribution in [2.24, 2.45) is 0 Å². The van der Waals surface area contributed by atoms with Crippen LogP contribution in [0, 0.1) is 0 Å². The summed E-state index contributed by atoms with van der Waals surface area (Å²) in [4.78, 5) is 4.48. The van der Waals surface area contributed by atoms with Gasteiger partial charge in [0.25, 0.3) is 0 Å². The van der Waals surface area contributed by atoms with Gasteiger partial charge in [-0.3, -0.25) is 0 Å². The monoisotopic (exact) mass is 274 g/mol. The number of likely N-dealkylation sites (N-methyl/N-ethyl adjacent to an activating group) is 1. The third-order valence-corrected chi connectivity index (χ3v) is 6.52. The first-order valence-electron chi connectivity index (χ1n) is 5.86. The fourth-order valence-electron chi connectivity index (χ4n) is 2.05. The van der Waals surface area contributed by atoms with Gasteiger partial charge in [0, 0.05) is 17.8 Å². The van der Waals surface area contributed by atoms with Gasteiger partial charge in [-0.1, -0.05) is 0 Å². The first kappa shape index (κ1) is 13.0. The summed E-state index contributed by atoms with van der Waals surface area (Å²) in [5, 5.41) is 5.57. The highest BCUT2D eigenvalue weighted by molar-refractivity contribution is 7.92. The molecule has 4 nitrogen and oxygen atoms in total. The van der Waals surface area contributed by atoms with Crippen LogP contribution >= 0.6 is 11.3 Å². The lowest BCUT2D eigenvalue weighted by atomic mass is 10.2. The van der Waals surface area contributed by atoms with Gasteiger partial charge >= 0.3 is 0 Å². The van der Waals surface area contributed by atoms with Gasteiger partial charge in [0.2, 0.25) is 0 Å². The van der Waals surface area contributed by atoms with Crippen molar-refractivity contribution in [3.63, 3.8) is 0 Å². The standard InChI is InChI=1S/C11H18N2O2S2/c1-8(12-2)6-9-7-16-11(13-9)10-4-3-5-17(10,14)15/h7-8,10,12H,3-6H2,1-2H3. The van der Waals surface area contributed by atoms with E-state index in [9.17, 15) is 8.42 Å². The minimum absolute atomic E-state index is 0.319. The van der Waals surface area contributed by atoms with E-state index in [0.29, 0.717) is 11.8 Å². The zero-order chi connectivity index (χ0) is 12.5. The molecule has 2 unspecified atom stereocenters. The molecule has 0 bridgehead atoms. The van der Waals surface area contributed by atoms with Crippen molar-refractivity contribution in [2.45, 2.75) is 37.5 Å². The van der Waals surface area contributed by atoms with Crippen molar-refractivity contribution in [1.29, 1.82) is 0 Å². The van der Waals surface area contributed by atoms with Crippen molar-refractivity contribution in [2.75, 3.05) is 12.8 Å². The molecule has 0 amide bonds. The van der Waals surface area contributed by atoms with E-state index < -0.39 is 9.84 Å². The number of hydrogen-bond acceptors (Lipinski definition) is 5. The van der Waals surface area contributed by atoms with Crippen LogP contribution in [-0.2, 0) is 16.3 Å². The van der Waals surface area contributed by atoms with Gasteiger partial charge in [0.15, 0.2) is 9.84 Å². The van der Waals surface area contributed by atoms with E-state index in [2.05, 4.69) is 17.2 Å². The molecule has 2 atom stereocenters. The maximum absolute atomic E-state index is 11.8. The number of sulfone groups is 1. The van der Waals surface area contributed by atoms with Crippen LogP contribution in [0.4, 0.5) is 0 Å². The van der Waals surface area contributed by atoms with Gasteiger partial charge in [-0.15, -0.1) is 11.3 Å². The predicted octanol–water partition coefficient (Wildman–Crippen LogP) is 1.54. The topological polar surface area (TPSA) is 59.1 Å². The van der Waals surface area contributed by atoms with Crippen LogP contribution in [0.5, 0.6) is 0 Å². The van der Waals surface area contributed by atoms with Gasteiger partial charge in [-0.05, 0) is 26.8 Å². The number of thiazole rings is 1. The van der Waals surface area contributed by atoms with E-state index >= 15 is 0 Å². The molecular weight excluding hydrogens is 256 g/mol. The Morgan fingerprint density at radius 3 is 3.00 bits per heavy atom. The molecule has 0 spiro atoms. The zero-order valence-corrected chi connectivity index (χ0v) is 11.8. The molecule has 1 aliphatic heterocycles. The van der Waals surface area contributed by atoms with Crippen molar-refractivity contribution < 1.29 is 8.42 Å². The minimum Gasteiger partial charge on any atom is -0.317 e. The van der Waals surface area contributed by atoms with E-state index in [1.165, 1.54) is 11.3 Å². The summed E-state index contributed by atoms with van der Waals surface area (Å²) < 4.78 is 23.6. The molecule has 0 aliphatic carbocycles. The minimum atomic E-state index is -2.93. The van der Waals surface area contributed by atoms with Crippen molar-refractivity contribution in [1.82, 2.24) is 10.3 Å². The molecule has 1 fully saturated rings. The first-order chi connectivity index (χ1) is 8.03. The molecule has 17 heavy (non-hydrogen) atoms. The molecule has 2 rings (SSSR count). The lowest BCUT2D eigenvalue weighted by Crippen LogP contribution is -2.23. The molecular formula is C11H18N2O2S2. The fourth-order valence-corrected chi connectivity index (χ4v) is 5.24. The van der Waals surface area contributed by atoms with Crippen molar-refractivity contribution in [3.05, 3.63) is 16.1 Å². The summed E-state index contributed by atoms with van der Waals surface area (Å²) in [6, 6.07) is 0.366. The van der Waals surface area contributed by atoms with Gasteiger partial charge < -0.3 is 5.32 Å². The molecule has 6 heteroatoms. The van der Waals surface area contributed by atoms with Crippen LogP contribution in [0.3, 0.4) is 0 Å². The van der Waals surface area contributed by atoms with Crippen molar-refractivity contribution >= 4 is 21.2 Å². The Balaban J connectivity index is 2.13. The molecule has 1 aliphatic rings. The molecule has 1 saturated heterocycles. The number of rotatable bonds is 4. The zero-order valence-electron chi connectivity index (χ0n) is 10.1. The van der Waals surface area contributed by atoms with E-state index in [1.54, 1.807) is 0 Å². The van der Waals surface area contributed by atoms with Crippen molar-refractivity contribution in [3.8, 4) is 0 Å². The second-order valence-corrected chi connectivity index (χ2v) is 7.76. The smallest absolute Gasteiger partial charge is 0.159 e. The summed E-state index contributed by atoms with van der Waals surface area (Å²) in [7, 11) is -1.01.